The largest absolute Gasteiger partial charge is 0.342 e. The van der Waals surface area contributed by atoms with E-state index in [1.165, 1.54) is 17.8 Å². The van der Waals surface area contributed by atoms with Gasteiger partial charge in [0, 0.05) is 17.9 Å². The van der Waals surface area contributed by atoms with E-state index in [1.54, 1.807) is 0 Å². The molecule has 0 fully saturated rings. The molecule has 0 aliphatic heterocycles. The van der Waals surface area contributed by atoms with Crippen LogP contribution >= 0.6 is 0 Å². The van der Waals surface area contributed by atoms with E-state index in [4.69, 9.17) is 0 Å². The van der Waals surface area contributed by atoms with Crippen molar-refractivity contribution in [2.45, 2.75) is 47.5 Å². The summed E-state index contributed by atoms with van der Waals surface area (Å²) in [4.78, 5) is 2.34. The van der Waals surface area contributed by atoms with Crippen molar-refractivity contribution in [1.29, 1.82) is 0 Å². The maximum Gasteiger partial charge on any atom is 0.0410 e. The summed E-state index contributed by atoms with van der Waals surface area (Å²) in [5.41, 5.74) is 2.60. The fourth-order valence-corrected chi connectivity index (χ4v) is 1.92. The van der Waals surface area contributed by atoms with Crippen LogP contribution in [0.2, 0.25) is 0 Å². The van der Waals surface area contributed by atoms with Gasteiger partial charge in [0.1, 0.15) is 0 Å². The minimum atomic E-state index is 1.01. The quantitative estimate of drug-likeness (QED) is 0.663. The predicted octanol–water partition coefficient (Wildman–Crippen LogP) is 5.80. The molecule has 106 valence electrons. The average molecular weight is 259 g/mol. The molecule has 0 spiro atoms. The van der Waals surface area contributed by atoms with E-state index in [-0.39, 0.29) is 0 Å². The summed E-state index contributed by atoms with van der Waals surface area (Å²) in [5, 5.41) is 0. The molecule has 0 saturated carbocycles. The topological polar surface area (TPSA) is 3.24 Å². The Morgan fingerprint density at radius 2 is 1.58 bits per heavy atom. The summed E-state index contributed by atoms with van der Waals surface area (Å²) >= 11 is 0. The molecule has 1 aliphatic rings. The summed E-state index contributed by atoms with van der Waals surface area (Å²) in [5.74, 6) is 0. The monoisotopic (exact) mass is 259 g/mol. The fourth-order valence-electron chi connectivity index (χ4n) is 1.92. The second-order valence-electron chi connectivity index (χ2n) is 3.69. The molecular weight excluding hydrogens is 230 g/mol. The van der Waals surface area contributed by atoms with Gasteiger partial charge in [-0.15, -0.1) is 0 Å². The van der Waals surface area contributed by atoms with Crippen LogP contribution in [0.3, 0.4) is 0 Å². The molecule has 0 heterocycles. The summed E-state index contributed by atoms with van der Waals surface area (Å²) in [6, 6.07) is 10.6. The molecule has 1 nitrogen and oxygen atoms in total. The maximum atomic E-state index is 2.34. The fraction of sp³-hybridized carbons (Fsp3) is 0.444. The van der Waals surface area contributed by atoms with E-state index in [1.807, 2.05) is 27.7 Å². The lowest BCUT2D eigenvalue weighted by Gasteiger charge is -2.25. The molecule has 1 aliphatic carbocycles. The SMILES string of the molecule is CC.CC.CCN(C1=CCCC=C1)c1ccccc1. The summed E-state index contributed by atoms with van der Waals surface area (Å²) in [7, 11) is 0. The highest BCUT2D eigenvalue weighted by molar-refractivity contribution is 5.54. The van der Waals surface area contributed by atoms with Gasteiger partial charge in [0.25, 0.3) is 0 Å². The third-order valence-electron chi connectivity index (χ3n) is 2.67. The van der Waals surface area contributed by atoms with Crippen molar-refractivity contribution in [3.05, 3.63) is 54.3 Å². The van der Waals surface area contributed by atoms with Crippen LogP contribution in [0.5, 0.6) is 0 Å². The summed E-state index contributed by atoms with van der Waals surface area (Å²) in [6.07, 6.45) is 9.13. The van der Waals surface area contributed by atoms with Crippen LogP contribution in [0.1, 0.15) is 47.5 Å². The highest BCUT2D eigenvalue weighted by Crippen LogP contribution is 2.22. The van der Waals surface area contributed by atoms with E-state index in [9.17, 15) is 0 Å². The smallest absolute Gasteiger partial charge is 0.0410 e. The van der Waals surface area contributed by atoms with Crippen molar-refractivity contribution < 1.29 is 0 Å². The van der Waals surface area contributed by atoms with Gasteiger partial charge in [0.15, 0.2) is 0 Å². The third-order valence-corrected chi connectivity index (χ3v) is 2.67. The second-order valence-corrected chi connectivity index (χ2v) is 3.69. The Kier molecular flexibility index (Phi) is 10.7. The molecule has 1 aromatic carbocycles. The summed E-state index contributed by atoms with van der Waals surface area (Å²) in [6.45, 7) is 11.2. The Labute approximate surface area is 119 Å². The standard InChI is InChI=1S/C14H17N.2C2H6/c1-2-15(13-9-5-3-6-10-13)14-11-7-4-8-12-14;2*1-2/h3,5-7,9-12H,2,4,8H2,1H3;2*1-2H3. The number of hydrogen-bond donors (Lipinski definition) is 0. The number of anilines is 1. The van der Waals surface area contributed by atoms with E-state index in [0.717, 1.165) is 13.0 Å². The van der Waals surface area contributed by atoms with Crippen LogP contribution in [-0.4, -0.2) is 6.54 Å². The number of likely N-dealkylation sites (N-methyl/N-ethyl adjacent to an activating group) is 1. The molecule has 0 radical (unpaired) electrons. The summed E-state index contributed by atoms with van der Waals surface area (Å²) < 4.78 is 0. The lowest BCUT2D eigenvalue weighted by molar-refractivity contribution is 0.929. The molecule has 19 heavy (non-hydrogen) atoms. The van der Waals surface area contributed by atoms with Crippen molar-refractivity contribution in [2.75, 3.05) is 11.4 Å². The number of benzene rings is 1. The van der Waals surface area contributed by atoms with Crippen LogP contribution in [0.4, 0.5) is 5.69 Å². The zero-order chi connectivity index (χ0) is 14.5. The first-order valence-electron chi connectivity index (χ1n) is 7.61. The first-order valence-corrected chi connectivity index (χ1v) is 7.61. The Hall–Kier alpha value is -1.50. The van der Waals surface area contributed by atoms with Crippen LogP contribution in [0, 0.1) is 0 Å². The lowest BCUT2D eigenvalue weighted by atomic mass is 10.1. The molecule has 0 aromatic heterocycles. The van der Waals surface area contributed by atoms with Crippen LogP contribution in [-0.2, 0) is 0 Å². The van der Waals surface area contributed by atoms with Crippen molar-refractivity contribution in [3.8, 4) is 0 Å². The molecule has 0 N–H and O–H groups in total. The van der Waals surface area contributed by atoms with Gasteiger partial charge in [-0.25, -0.2) is 0 Å². The molecule has 1 aromatic rings. The van der Waals surface area contributed by atoms with Crippen LogP contribution in [0.25, 0.3) is 0 Å². The molecular formula is C18H29N. The average Bonchev–Trinajstić information content (AvgIpc) is 2.54. The van der Waals surface area contributed by atoms with E-state index in [2.05, 4.69) is 60.4 Å². The molecule has 1 heteroatoms. The van der Waals surface area contributed by atoms with Gasteiger partial charge in [-0.05, 0) is 38.0 Å². The van der Waals surface area contributed by atoms with Gasteiger partial charge < -0.3 is 4.90 Å². The third kappa shape index (κ3) is 5.78. The number of rotatable bonds is 3. The first kappa shape index (κ1) is 17.5. The first-order chi connectivity index (χ1) is 9.42. The number of hydrogen-bond acceptors (Lipinski definition) is 1. The Morgan fingerprint density at radius 3 is 2.05 bits per heavy atom. The normalized spacial score (nSPS) is 12.4. The Balaban J connectivity index is 0.000000741. The molecule has 0 unspecified atom stereocenters. The number of allylic oxidation sites excluding steroid dienone is 3. The zero-order valence-corrected chi connectivity index (χ0v) is 13.2. The van der Waals surface area contributed by atoms with E-state index in [0.29, 0.717) is 0 Å². The molecule has 0 amide bonds. The van der Waals surface area contributed by atoms with Crippen LogP contribution in [0.15, 0.2) is 54.3 Å². The van der Waals surface area contributed by atoms with Gasteiger partial charge in [-0.3, -0.25) is 0 Å². The molecule has 2 rings (SSSR count). The Bertz CT molecular complexity index is 363. The highest BCUT2D eigenvalue weighted by Gasteiger charge is 2.08. The van der Waals surface area contributed by atoms with Gasteiger partial charge in [-0.1, -0.05) is 58.0 Å². The zero-order valence-electron chi connectivity index (χ0n) is 13.2. The molecule has 0 bridgehead atoms. The molecule has 0 saturated heterocycles. The Morgan fingerprint density at radius 1 is 0.947 bits per heavy atom. The van der Waals surface area contributed by atoms with Crippen molar-refractivity contribution in [1.82, 2.24) is 0 Å². The number of nitrogens with zero attached hydrogens (tertiary/aromatic N) is 1. The van der Waals surface area contributed by atoms with Crippen molar-refractivity contribution >= 4 is 5.69 Å². The van der Waals surface area contributed by atoms with E-state index < -0.39 is 0 Å². The lowest BCUT2D eigenvalue weighted by Crippen LogP contribution is -2.21. The minimum absolute atomic E-state index is 1.01. The van der Waals surface area contributed by atoms with Gasteiger partial charge in [0.2, 0.25) is 0 Å². The predicted molar refractivity (Wildman–Crippen MR) is 88.6 cm³/mol. The van der Waals surface area contributed by atoms with Gasteiger partial charge in [-0.2, -0.15) is 0 Å². The second kappa shape index (κ2) is 11.6. The van der Waals surface area contributed by atoms with Gasteiger partial charge in [0.05, 0.1) is 0 Å². The van der Waals surface area contributed by atoms with Crippen molar-refractivity contribution in [2.24, 2.45) is 0 Å². The van der Waals surface area contributed by atoms with Crippen molar-refractivity contribution in [3.63, 3.8) is 0 Å². The molecule has 0 atom stereocenters. The maximum absolute atomic E-state index is 2.34. The van der Waals surface area contributed by atoms with E-state index >= 15 is 0 Å². The van der Waals surface area contributed by atoms with Crippen LogP contribution < -0.4 is 4.90 Å². The highest BCUT2D eigenvalue weighted by atomic mass is 15.1. The van der Waals surface area contributed by atoms with Gasteiger partial charge >= 0.3 is 0 Å². The number of para-hydroxylation sites is 1. The minimum Gasteiger partial charge on any atom is -0.342 e.